The molecule has 132 valence electrons. The lowest BCUT2D eigenvalue weighted by atomic mass is 10.1. The Kier molecular flexibility index (Phi) is 6.22. The van der Waals surface area contributed by atoms with Crippen LogP contribution in [0.2, 0.25) is 0 Å². The van der Waals surface area contributed by atoms with Crippen LogP contribution in [0, 0.1) is 19.7 Å². The van der Waals surface area contributed by atoms with Gasteiger partial charge in [0.25, 0.3) is 0 Å². The molecule has 0 aliphatic rings. The maximum Gasteiger partial charge on any atom is 0.573 e. The predicted molar refractivity (Wildman–Crippen MR) is 74.0 cm³/mol. The van der Waals surface area contributed by atoms with Crippen LogP contribution in [0.1, 0.15) is 16.7 Å². The maximum atomic E-state index is 12.4. The van der Waals surface area contributed by atoms with Crippen molar-refractivity contribution in [3.8, 4) is 5.75 Å². The van der Waals surface area contributed by atoms with Gasteiger partial charge in [0.15, 0.2) is 0 Å². The SMILES string of the molecule is Cc1ccc(F)cc1C(F)(F)F.Cc1ccc(OC(F)(F)F)cc1. The van der Waals surface area contributed by atoms with Gasteiger partial charge in [0.05, 0.1) is 5.56 Å². The zero-order chi connectivity index (χ0) is 18.5. The molecule has 2 aromatic carbocycles. The maximum absolute atomic E-state index is 12.4. The van der Waals surface area contributed by atoms with E-state index >= 15 is 0 Å². The number of aryl methyl sites for hydroxylation is 2. The molecule has 0 spiro atoms. The summed E-state index contributed by atoms with van der Waals surface area (Å²) in [6.45, 7) is 3.08. The number of ether oxygens (including phenoxy) is 1. The van der Waals surface area contributed by atoms with E-state index in [1.807, 2.05) is 0 Å². The lowest BCUT2D eigenvalue weighted by Crippen LogP contribution is -2.16. The van der Waals surface area contributed by atoms with Crippen molar-refractivity contribution in [1.29, 1.82) is 0 Å². The van der Waals surface area contributed by atoms with Crippen LogP contribution in [-0.2, 0) is 6.18 Å². The minimum absolute atomic E-state index is 0.0314. The Morgan fingerprint density at radius 2 is 1.33 bits per heavy atom. The van der Waals surface area contributed by atoms with E-state index in [0.29, 0.717) is 6.07 Å². The molecular weight excluding hydrogens is 341 g/mol. The van der Waals surface area contributed by atoms with Crippen LogP contribution in [0.4, 0.5) is 30.7 Å². The number of halogens is 7. The highest BCUT2D eigenvalue weighted by atomic mass is 19.4. The molecule has 0 unspecified atom stereocenters. The van der Waals surface area contributed by atoms with Crippen LogP contribution in [0.5, 0.6) is 5.75 Å². The predicted octanol–water partition coefficient (Wildman–Crippen LogP) is 6.05. The van der Waals surface area contributed by atoms with Crippen molar-refractivity contribution < 1.29 is 35.5 Å². The highest BCUT2D eigenvalue weighted by Crippen LogP contribution is 2.31. The first kappa shape index (κ1) is 19.8. The van der Waals surface area contributed by atoms with Crippen molar-refractivity contribution in [2.24, 2.45) is 0 Å². The Morgan fingerprint density at radius 3 is 1.75 bits per heavy atom. The second-order valence-corrected chi connectivity index (χ2v) is 4.82. The minimum atomic E-state index is -4.60. The monoisotopic (exact) mass is 354 g/mol. The second-order valence-electron chi connectivity index (χ2n) is 4.82. The summed E-state index contributed by atoms with van der Waals surface area (Å²) in [5.41, 5.74) is 0.0101. The molecule has 0 heterocycles. The molecule has 0 radical (unpaired) electrons. The van der Waals surface area contributed by atoms with E-state index in [1.54, 1.807) is 19.1 Å². The van der Waals surface area contributed by atoms with Crippen LogP contribution < -0.4 is 4.74 Å². The summed E-state index contributed by atoms with van der Waals surface area (Å²) in [6.07, 6.45) is -9.07. The van der Waals surface area contributed by atoms with Crippen molar-refractivity contribution in [3.63, 3.8) is 0 Å². The van der Waals surface area contributed by atoms with E-state index in [1.165, 1.54) is 19.1 Å². The van der Waals surface area contributed by atoms with Crippen LogP contribution in [0.15, 0.2) is 42.5 Å². The smallest absolute Gasteiger partial charge is 0.406 e. The molecule has 0 aliphatic carbocycles. The van der Waals surface area contributed by atoms with Crippen LogP contribution in [-0.4, -0.2) is 6.36 Å². The van der Waals surface area contributed by atoms with E-state index in [0.717, 1.165) is 17.7 Å². The normalized spacial score (nSPS) is 11.5. The first-order valence-corrected chi connectivity index (χ1v) is 6.54. The Balaban J connectivity index is 0.000000240. The molecule has 2 rings (SSSR count). The molecule has 24 heavy (non-hydrogen) atoms. The largest absolute Gasteiger partial charge is 0.573 e. The third kappa shape index (κ3) is 6.89. The Labute approximate surface area is 133 Å². The highest BCUT2D eigenvalue weighted by molar-refractivity contribution is 5.29. The van der Waals surface area contributed by atoms with Crippen molar-refractivity contribution in [3.05, 3.63) is 65.0 Å². The van der Waals surface area contributed by atoms with E-state index in [9.17, 15) is 30.7 Å². The molecular formula is C16H13F7O. The molecule has 0 saturated carbocycles. The molecule has 0 atom stereocenters. The lowest BCUT2D eigenvalue weighted by Gasteiger charge is -2.09. The van der Waals surface area contributed by atoms with Crippen LogP contribution in [0.25, 0.3) is 0 Å². The van der Waals surface area contributed by atoms with Gasteiger partial charge in [-0.25, -0.2) is 4.39 Å². The number of hydrogen-bond acceptors (Lipinski definition) is 1. The summed E-state index contributed by atoms with van der Waals surface area (Å²) in [5.74, 6) is -1.05. The first-order chi connectivity index (χ1) is 10.9. The third-order valence-electron chi connectivity index (χ3n) is 2.76. The van der Waals surface area contributed by atoms with Crippen molar-refractivity contribution in [2.45, 2.75) is 26.4 Å². The van der Waals surface area contributed by atoms with Gasteiger partial charge >= 0.3 is 12.5 Å². The average molecular weight is 354 g/mol. The average Bonchev–Trinajstić information content (AvgIpc) is 2.42. The van der Waals surface area contributed by atoms with Crippen LogP contribution in [0.3, 0.4) is 0 Å². The van der Waals surface area contributed by atoms with Gasteiger partial charge in [-0.2, -0.15) is 13.2 Å². The second kappa shape index (κ2) is 7.55. The lowest BCUT2D eigenvalue weighted by molar-refractivity contribution is -0.274. The third-order valence-corrected chi connectivity index (χ3v) is 2.76. The Hall–Kier alpha value is -2.25. The summed E-state index contributed by atoms with van der Waals surface area (Å²) in [7, 11) is 0. The molecule has 1 nitrogen and oxygen atoms in total. The molecule has 0 amide bonds. The Bertz CT molecular complexity index is 658. The number of benzene rings is 2. The fraction of sp³-hybridized carbons (Fsp3) is 0.250. The Morgan fingerprint density at radius 1 is 0.792 bits per heavy atom. The highest BCUT2D eigenvalue weighted by Gasteiger charge is 2.32. The number of hydrogen-bond donors (Lipinski definition) is 0. The molecule has 8 heteroatoms. The van der Waals surface area contributed by atoms with Gasteiger partial charge in [-0.05, 0) is 43.7 Å². The topological polar surface area (TPSA) is 9.23 Å². The van der Waals surface area contributed by atoms with Crippen molar-refractivity contribution >= 4 is 0 Å². The van der Waals surface area contributed by atoms with E-state index in [-0.39, 0.29) is 11.3 Å². The van der Waals surface area contributed by atoms with Crippen LogP contribution >= 0.6 is 0 Å². The van der Waals surface area contributed by atoms with E-state index in [4.69, 9.17) is 0 Å². The summed E-state index contributed by atoms with van der Waals surface area (Å²) >= 11 is 0. The van der Waals surface area contributed by atoms with Crippen molar-refractivity contribution in [2.75, 3.05) is 0 Å². The van der Waals surface area contributed by atoms with Gasteiger partial charge in [0.2, 0.25) is 0 Å². The number of alkyl halides is 6. The fourth-order valence-corrected chi connectivity index (χ4v) is 1.64. The van der Waals surface area contributed by atoms with E-state index < -0.39 is 23.9 Å². The van der Waals surface area contributed by atoms with E-state index in [2.05, 4.69) is 4.74 Å². The molecule has 0 bridgehead atoms. The van der Waals surface area contributed by atoms with Gasteiger partial charge in [-0.15, -0.1) is 13.2 Å². The standard InChI is InChI=1S/C8H6F4.C8H7F3O/c1-5-2-3-6(9)4-7(5)8(10,11)12;1-6-2-4-7(5-3-6)12-8(9,10)11/h2-4H,1H3;2-5H,1H3. The van der Waals surface area contributed by atoms with Gasteiger partial charge in [-0.1, -0.05) is 23.8 Å². The van der Waals surface area contributed by atoms with Crippen molar-refractivity contribution in [1.82, 2.24) is 0 Å². The molecule has 2 aromatic rings. The zero-order valence-corrected chi connectivity index (χ0v) is 12.6. The molecule has 0 fully saturated rings. The molecule has 0 aliphatic heterocycles. The number of rotatable bonds is 1. The summed E-state index contributed by atoms with van der Waals surface area (Å²) in [5, 5.41) is 0. The molecule has 0 saturated heterocycles. The molecule has 0 aromatic heterocycles. The van der Waals surface area contributed by atoms with Gasteiger partial charge in [-0.3, -0.25) is 0 Å². The van der Waals surface area contributed by atoms with Gasteiger partial charge in [0, 0.05) is 0 Å². The molecule has 0 N–H and O–H groups in total. The fourth-order valence-electron chi connectivity index (χ4n) is 1.64. The summed E-state index contributed by atoms with van der Waals surface area (Å²) in [4.78, 5) is 0. The summed E-state index contributed by atoms with van der Waals surface area (Å²) in [6, 6.07) is 8.28. The zero-order valence-electron chi connectivity index (χ0n) is 12.6. The first-order valence-electron chi connectivity index (χ1n) is 6.54. The quantitative estimate of drug-likeness (QED) is 0.567. The van der Waals surface area contributed by atoms with Gasteiger partial charge < -0.3 is 4.74 Å². The van der Waals surface area contributed by atoms with Gasteiger partial charge in [0.1, 0.15) is 11.6 Å². The summed E-state index contributed by atoms with van der Waals surface area (Å²) < 4.78 is 87.1. The minimum Gasteiger partial charge on any atom is -0.406 e.